The summed E-state index contributed by atoms with van der Waals surface area (Å²) in [6.45, 7) is 7.47. The summed E-state index contributed by atoms with van der Waals surface area (Å²) >= 11 is 0. The van der Waals surface area contributed by atoms with Crippen LogP contribution in [0.4, 0.5) is 0 Å². The highest BCUT2D eigenvalue weighted by atomic mass is 16.6. The molecule has 2 rings (SSSR count). The number of nitrogens with two attached hydrogens (primary N) is 1. The van der Waals surface area contributed by atoms with Crippen LogP contribution in [0.1, 0.15) is 31.9 Å². The molecule has 1 unspecified atom stereocenters. The minimum absolute atomic E-state index is 0.389. The number of hydrogen-bond donors (Lipinski definition) is 1. The molecule has 0 aliphatic carbocycles. The first-order valence-corrected chi connectivity index (χ1v) is 6.72. The summed E-state index contributed by atoms with van der Waals surface area (Å²) in [7, 11) is 0. The summed E-state index contributed by atoms with van der Waals surface area (Å²) in [5.74, 6) is -0.389. The van der Waals surface area contributed by atoms with E-state index in [2.05, 4.69) is 0 Å². The third-order valence-electron chi connectivity index (χ3n) is 3.03. The molecule has 0 radical (unpaired) electrons. The van der Waals surface area contributed by atoms with Crippen molar-refractivity contribution in [2.45, 2.75) is 45.8 Å². The van der Waals surface area contributed by atoms with Gasteiger partial charge < -0.3 is 14.9 Å². The van der Waals surface area contributed by atoms with E-state index in [-0.39, 0.29) is 5.97 Å². The maximum Gasteiger partial charge on any atom is 0.323 e. The summed E-state index contributed by atoms with van der Waals surface area (Å²) in [6.07, 6.45) is 2.08. The Morgan fingerprint density at radius 1 is 1.40 bits per heavy atom. The number of fused-ring (bicyclic) bond motifs is 1. The van der Waals surface area contributed by atoms with Crippen LogP contribution >= 0.6 is 0 Å². The molecule has 4 nitrogen and oxygen atoms in total. The third kappa shape index (κ3) is 3.20. The van der Waals surface area contributed by atoms with Crippen LogP contribution in [0.25, 0.3) is 11.0 Å². The van der Waals surface area contributed by atoms with Crippen LogP contribution in [0.5, 0.6) is 0 Å². The second kappa shape index (κ2) is 5.29. The Labute approximate surface area is 118 Å². The average molecular weight is 275 g/mol. The number of benzene rings is 1. The molecule has 0 aliphatic rings. The molecule has 1 aromatic heterocycles. The largest absolute Gasteiger partial charge is 0.464 e. The van der Waals surface area contributed by atoms with E-state index >= 15 is 0 Å². The van der Waals surface area contributed by atoms with Gasteiger partial charge in [-0.05, 0) is 33.3 Å². The van der Waals surface area contributed by atoms with Gasteiger partial charge >= 0.3 is 5.97 Å². The molecule has 0 spiro atoms. The van der Waals surface area contributed by atoms with Crippen LogP contribution < -0.4 is 5.73 Å². The predicted molar refractivity (Wildman–Crippen MR) is 78.5 cm³/mol. The molecule has 0 aliphatic heterocycles. The molecule has 0 fully saturated rings. The molecule has 0 saturated heterocycles. The van der Waals surface area contributed by atoms with Crippen LogP contribution in [0.3, 0.4) is 0 Å². The summed E-state index contributed by atoms with van der Waals surface area (Å²) < 4.78 is 10.8. The Balaban J connectivity index is 2.16. The van der Waals surface area contributed by atoms with Crippen molar-refractivity contribution in [2.75, 3.05) is 0 Å². The Morgan fingerprint density at radius 3 is 2.75 bits per heavy atom. The molecule has 1 heterocycles. The molecule has 108 valence electrons. The zero-order valence-electron chi connectivity index (χ0n) is 12.4. The van der Waals surface area contributed by atoms with Gasteiger partial charge in [0.15, 0.2) is 0 Å². The lowest BCUT2D eigenvalue weighted by Crippen LogP contribution is -2.38. The first-order valence-electron chi connectivity index (χ1n) is 6.72. The van der Waals surface area contributed by atoms with Crippen LogP contribution in [0.2, 0.25) is 0 Å². The van der Waals surface area contributed by atoms with Crippen molar-refractivity contribution in [1.29, 1.82) is 0 Å². The number of ether oxygens (including phenoxy) is 1. The quantitative estimate of drug-likeness (QED) is 0.875. The van der Waals surface area contributed by atoms with Gasteiger partial charge in [0.1, 0.15) is 17.2 Å². The fraction of sp³-hybridized carbons (Fsp3) is 0.438. The zero-order chi connectivity index (χ0) is 14.9. The first-order chi connectivity index (χ1) is 9.28. The molecule has 0 amide bonds. The highest BCUT2D eigenvalue weighted by Crippen LogP contribution is 2.25. The molecule has 2 N–H and O–H groups in total. The number of aryl methyl sites for hydroxylation is 1. The lowest BCUT2D eigenvalue weighted by Gasteiger charge is -2.22. The number of rotatable bonds is 3. The average Bonchev–Trinajstić information content (AvgIpc) is 2.72. The fourth-order valence-electron chi connectivity index (χ4n) is 2.11. The maximum absolute atomic E-state index is 11.9. The number of para-hydroxylation sites is 1. The topological polar surface area (TPSA) is 65.5 Å². The molecular formula is C16H21NO3. The Kier molecular flexibility index (Phi) is 3.86. The van der Waals surface area contributed by atoms with Crippen LogP contribution in [0.15, 0.2) is 28.9 Å². The number of furan rings is 1. The highest BCUT2D eigenvalue weighted by molar-refractivity contribution is 5.85. The molecule has 0 bridgehead atoms. The summed E-state index contributed by atoms with van der Waals surface area (Å²) in [4.78, 5) is 11.9. The van der Waals surface area contributed by atoms with Gasteiger partial charge in [-0.1, -0.05) is 18.2 Å². The van der Waals surface area contributed by atoms with Crippen molar-refractivity contribution in [3.8, 4) is 0 Å². The summed E-state index contributed by atoms with van der Waals surface area (Å²) in [6, 6.07) is 5.25. The SMILES string of the molecule is Cc1cccc2c(CC(N)C(=O)OC(C)(C)C)coc12. The van der Waals surface area contributed by atoms with Crippen molar-refractivity contribution >= 4 is 16.9 Å². The third-order valence-corrected chi connectivity index (χ3v) is 3.03. The number of carbonyl (C=O) groups is 1. The van der Waals surface area contributed by atoms with Gasteiger partial charge in [0.05, 0.1) is 6.26 Å². The highest BCUT2D eigenvalue weighted by Gasteiger charge is 2.23. The number of esters is 1. The van der Waals surface area contributed by atoms with E-state index in [0.29, 0.717) is 6.42 Å². The molecule has 1 aromatic carbocycles. The summed E-state index contributed by atoms with van der Waals surface area (Å²) in [5.41, 5.74) is 8.25. The minimum atomic E-state index is -0.685. The van der Waals surface area contributed by atoms with Gasteiger partial charge in [0.25, 0.3) is 0 Å². The standard InChI is InChI=1S/C16H21NO3/c1-10-6-5-7-12-11(9-19-14(10)12)8-13(17)15(18)20-16(2,3)4/h5-7,9,13H,8,17H2,1-4H3. The van der Waals surface area contributed by atoms with E-state index in [1.165, 1.54) is 0 Å². The van der Waals surface area contributed by atoms with E-state index in [1.54, 1.807) is 6.26 Å². The van der Waals surface area contributed by atoms with Gasteiger partial charge in [0.2, 0.25) is 0 Å². The summed E-state index contributed by atoms with van der Waals surface area (Å²) in [5, 5.41) is 1.00. The van der Waals surface area contributed by atoms with Crippen molar-refractivity contribution in [3.63, 3.8) is 0 Å². The van der Waals surface area contributed by atoms with Crippen molar-refractivity contribution in [1.82, 2.24) is 0 Å². The van der Waals surface area contributed by atoms with Crippen LogP contribution in [-0.2, 0) is 16.0 Å². The van der Waals surface area contributed by atoms with Crippen molar-refractivity contribution < 1.29 is 13.9 Å². The lowest BCUT2D eigenvalue weighted by atomic mass is 10.0. The predicted octanol–water partition coefficient (Wildman–Crippen LogP) is 2.95. The van der Waals surface area contributed by atoms with E-state index in [1.807, 2.05) is 45.9 Å². The van der Waals surface area contributed by atoms with Gasteiger partial charge in [-0.2, -0.15) is 0 Å². The van der Waals surface area contributed by atoms with E-state index in [4.69, 9.17) is 14.9 Å². The number of carbonyl (C=O) groups excluding carboxylic acids is 1. The van der Waals surface area contributed by atoms with E-state index < -0.39 is 11.6 Å². The van der Waals surface area contributed by atoms with Gasteiger partial charge in [-0.3, -0.25) is 4.79 Å². The molecule has 4 heteroatoms. The molecule has 0 saturated carbocycles. The lowest BCUT2D eigenvalue weighted by molar-refractivity contribution is -0.156. The van der Waals surface area contributed by atoms with Gasteiger partial charge in [-0.15, -0.1) is 0 Å². The second-order valence-corrected chi connectivity index (χ2v) is 6.06. The van der Waals surface area contributed by atoms with Crippen LogP contribution in [0, 0.1) is 6.92 Å². The zero-order valence-corrected chi connectivity index (χ0v) is 12.4. The van der Waals surface area contributed by atoms with Gasteiger partial charge in [-0.25, -0.2) is 0 Å². The second-order valence-electron chi connectivity index (χ2n) is 6.06. The molecule has 20 heavy (non-hydrogen) atoms. The fourth-order valence-corrected chi connectivity index (χ4v) is 2.11. The minimum Gasteiger partial charge on any atom is -0.464 e. The monoisotopic (exact) mass is 275 g/mol. The Bertz CT molecular complexity index is 622. The van der Waals surface area contributed by atoms with Gasteiger partial charge in [0, 0.05) is 17.4 Å². The van der Waals surface area contributed by atoms with E-state index in [0.717, 1.165) is 22.1 Å². The molecule has 2 aromatic rings. The maximum atomic E-state index is 11.9. The van der Waals surface area contributed by atoms with E-state index in [9.17, 15) is 4.79 Å². The molecular weight excluding hydrogens is 254 g/mol. The van der Waals surface area contributed by atoms with Crippen molar-refractivity contribution in [2.24, 2.45) is 5.73 Å². The van der Waals surface area contributed by atoms with Crippen molar-refractivity contribution in [3.05, 3.63) is 35.6 Å². The Morgan fingerprint density at radius 2 is 2.10 bits per heavy atom. The van der Waals surface area contributed by atoms with Crippen LogP contribution in [-0.4, -0.2) is 17.6 Å². The normalized spacial score (nSPS) is 13.4. The molecule has 1 atom stereocenters. The first kappa shape index (κ1) is 14.6. The Hall–Kier alpha value is -1.81. The smallest absolute Gasteiger partial charge is 0.323 e. The number of hydrogen-bond acceptors (Lipinski definition) is 4.